The van der Waals surface area contributed by atoms with E-state index in [0.717, 1.165) is 11.1 Å². The summed E-state index contributed by atoms with van der Waals surface area (Å²) in [5, 5.41) is 22.6. The zero-order valence-corrected chi connectivity index (χ0v) is 11.7. The minimum Gasteiger partial charge on any atom is -0.507 e. The lowest BCUT2D eigenvalue weighted by atomic mass is 10.1. The maximum Gasteiger partial charge on any atom is 0.339 e. The number of aromatic carboxylic acids is 1. The zero-order valence-electron chi connectivity index (χ0n) is 10.9. The van der Waals surface area contributed by atoms with E-state index >= 15 is 0 Å². The molecule has 0 unspecified atom stereocenters. The minimum absolute atomic E-state index is 0.128. The Hall–Kier alpha value is -2.73. The SMILES string of the molecule is Nc1cn(-c2ccc(C(=O)O)c(O)c2)cc1-c1ccsc1. The quantitative estimate of drug-likeness (QED) is 0.693. The van der Waals surface area contributed by atoms with Gasteiger partial charge >= 0.3 is 5.97 Å². The molecule has 0 aliphatic rings. The van der Waals surface area contributed by atoms with E-state index in [4.69, 9.17) is 10.8 Å². The van der Waals surface area contributed by atoms with Crippen LogP contribution in [0.25, 0.3) is 16.8 Å². The smallest absolute Gasteiger partial charge is 0.339 e. The molecular formula is C15H12N2O3S. The van der Waals surface area contributed by atoms with Gasteiger partial charge in [0.05, 0.1) is 5.69 Å². The van der Waals surface area contributed by atoms with Crippen molar-refractivity contribution in [2.75, 3.05) is 5.73 Å². The molecular weight excluding hydrogens is 288 g/mol. The van der Waals surface area contributed by atoms with Gasteiger partial charge in [-0.1, -0.05) is 0 Å². The molecule has 3 rings (SSSR count). The number of nitrogens with zero attached hydrogens (tertiary/aromatic N) is 1. The number of aromatic hydroxyl groups is 1. The van der Waals surface area contributed by atoms with Gasteiger partial charge in [0.15, 0.2) is 0 Å². The number of carboxylic acid groups (broad SMARTS) is 1. The number of thiophene rings is 1. The van der Waals surface area contributed by atoms with Crippen LogP contribution in [0.2, 0.25) is 0 Å². The Morgan fingerprint density at radius 1 is 1.24 bits per heavy atom. The predicted octanol–water partition coefficient (Wildman–Crippen LogP) is 3.19. The van der Waals surface area contributed by atoms with Gasteiger partial charge in [0.25, 0.3) is 0 Å². The van der Waals surface area contributed by atoms with Crippen LogP contribution in [0.4, 0.5) is 5.69 Å². The van der Waals surface area contributed by atoms with Crippen LogP contribution in [-0.4, -0.2) is 20.7 Å². The summed E-state index contributed by atoms with van der Waals surface area (Å²) in [7, 11) is 0. The van der Waals surface area contributed by atoms with Crippen molar-refractivity contribution in [2.45, 2.75) is 0 Å². The molecule has 1 aromatic carbocycles. The van der Waals surface area contributed by atoms with Crippen LogP contribution < -0.4 is 5.73 Å². The van der Waals surface area contributed by atoms with Gasteiger partial charge in [0, 0.05) is 29.7 Å². The van der Waals surface area contributed by atoms with Gasteiger partial charge in [-0.3, -0.25) is 0 Å². The number of carbonyl (C=O) groups is 1. The third-order valence-corrected chi connectivity index (χ3v) is 3.88. The van der Waals surface area contributed by atoms with Crippen LogP contribution >= 0.6 is 11.3 Å². The van der Waals surface area contributed by atoms with Crippen molar-refractivity contribution in [3.8, 4) is 22.6 Å². The summed E-state index contributed by atoms with van der Waals surface area (Å²) in [6.45, 7) is 0. The summed E-state index contributed by atoms with van der Waals surface area (Å²) in [4.78, 5) is 10.9. The van der Waals surface area contributed by atoms with Crippen LogP contribution in [0.1, 0.15) is 10.4 Å². The number of hydrogen-bond donors (Lipinski definition) is 3. The standard InChI is InChI=1S/C15H12N2O3S/c16-13-7-17(6-12(13)9-3-4-21-8-9)10-1-2-11(15(19)20)14(18)5-10/h1-8,18H,16H2,(H,19,20). The maximum absolute atomic E-state index is 10.9. The highest BCUT2D eigenvalue weighted by Crippen LogP contribution is 2.31. The molecule has 6 heteroatoms. The summed E-state index contributed by atoms with van der Waals surface area (Å²) in [5.41, 5.74) is 9.08. The molecule has 0 aliphatic heterocycles. The monoisotopic (exact) mass is 300 g/mol. The van der Waals surface area contributed by atoms with Gasteiger partial charge in [0.2, 0.25) is 0 Å². The molecule has 0 fully saturated rings. The Bertz CT molecular complexity index is 806. The topological polar surface area (TPSA) is 88.5 Å². The molecule has 21 heavy (non-hydrogen) atoms. The Morgan fingerprint density at radius 3 is 2.67 bits per heavy atom. The molecule has 2 heterocycles. The molecule has 0 radical (unpaired) electrons. The fourth-order valence-corrected chi connectivity index (χ4v) is 2.80. The van der Waals surface area contributed by atoms with Crippen LogP contribution in [0.5, 0.6) is 5.75 Å². The minimum atomic E-state index is -1.16. The molecule has 0 atom stereocenters. The Kier molecular flexibility index (Phi) is 3.15. The van der Waals surface area contributed by atoms with Crippen molar-refractivity contribution < 1.29 is 15.0 Å². The van der Waals surface area contributed by atoms with E-state index in [0.29, 0.717) is 11.4 Å². The van der Waals surface area contributed by atoms with Crippen LogP contribution in [0, 0.1) is 0 Å². The number of carboxylic acids is 1. The second kappa shape index (κ2) is 4.99. The molecule has 0 bridgehead atoms. The summed E-state index contributed by atoms with van der Waals surface area (Å²) in [6.07, 6.45) is 3.59. The molecule has 0 saturated carbocycles. The van der Waals surface area contributed by atoms with Crippen molar-refractivity contribution in [3.05, 3.63) is 53.0 Å². The third-order valence-electron chi connectivity index (χ3n) is 3.20. The molecule has 0 spiro atoms. The second-order valence-electron chi connectivity index (χ2n) is 4.55. The van der Waals surface area contributed by atoms with Crippen molar-refractivity contribution in [1.29, 1.82) is 0 Å². The average molecular weight is 300 g/mol. The first-order chi connectivity index (χ1) is 10.1. The number of benzene rings is 1. The summed E-state index contributed by atoms with van der Waals surface area (Å²) in [6, 6.07) is 6.37. The van der Waals surface area contributed by atoms with E-state index < -0.39 is 5.97 Å². The Labute approximate surface area is 124 Å². The van der Waals surface area contributed by atoms with Crippen LogP contribution in [-0.2, 0) is 0 Å². The van der Waals surface area contributed by atoms with E-state index in [-0.39, 0.29) is 11.3 Å². The molecule has 0 aliphatic carbocycles. The number of anilines is 1. The number of nitrogen functional groups attached to an aromatic ring is 1. The van der Waals surface area contributed by atoms with Gasteiger partial charge < -0.3 is 20.5 Å². The number of aromatic nitrogens is 1. The first-order valence-electron chi connectivity index (χ1n) is 6.13. The molecule has 0 amide bonds. The van der Waals surface area contributed by atoms with E-state index in [1.54, 1.807) is 28.2 Å². The van der Waals surface area contributed by atoms with E-state index in [1.807, 2.05) is 23.0 Å². The summed E-state index contributed by atoms with van der Waals surface area (Å²) in [5.74, 6) is -1.44. The first-order valence-corrected chi connectivity index (χ1v) is 7.07. The Balaban J connectivity index is 2.04. The molecule has 2 aromatic heterocycles. The van der Waals surface area contributed by atoms with Crippen LogP contribution in [0.15, 0.2) is 47.4 Å². The normalized spacial score (nSPS) is 10.7. The van der Waals surface area contributed by atoms with Crippen molar-refractivity contribution >= 4 is 23.0 Å². The number of phenols is 1. The zero-order chi connectivity index (χ0) is 15.0. The number of rotatable bonds is 3. The highest BCUT2D eigenvalue weighted by atomic mass is 32.1. The molecule has 3 aromatic rings. The Morgan fingerprint density at radius 2 is 2.05 bits per heavy atom. The van der Waals surface area contributed by atoms with Crippen molar-refractivity contribution in [1.82, 2.24) is 4.57 Å². The van der Waals surface area contributed by atoms with Gasteiger partial charge in [-0.25, -0.2) is 4.79 Å². The van der Waals surface area contributed by atoms with Gasteiger partial charge in [0.1, 0.15) is 11.3 Å². The summed E-state index contributed by atoms with van der Waals surface area (Å²) < 4.78 is 1.76. The maximum atomic E-state index is 10.9. The van der Waals surface area contributed by atoms with E-state index in [1.165, 1.54) is 12.1 Å². The highest BCUT2D eigenvalue weighted by molar-refractivity contribution is 7.08. The first kappa shape index (κ1) is 13.3. The second-order valence-corrected chi connectivity index (χ2v) is 5.33. The third kappa shape index (κ3) is 2.36. The lowest BCUT2D eigenvalue weighted by Crippen LogP contribution is -1.98. The largest absolute Gasteiger partial charge is 0.507 e. The molecule has 106 valence electrons. The fourth-order valence-electron chi connectivity index (χ4n) is 2.14. The number of hydrogen-bond acceptors (Lipinski definition) is 4. The van der Waals surface area contributed by atoms with Gasteiger partial charge in [-0.2, -0.15) is 11.3 Å². The lowest BCUT2D eigenvalue weighted by molar-refractivity contribution is 0.0694. The fraction of sp³-hybridized carbons (Fsp3) is 0. The molecule has 0 saturated heterocycles. The number of nitrogens with two attached hydrogens (primary N) is 1. The highest BCUT2D eigenvalue weighted by Gasteiger charge is 2.12. The molecule has 4 N–H and O–H groups in total. The predicted molar refractivity (Wildman–Crippen MR) is 82.1 cm³/mol. The van der Waals surface area contributed by atoms with Crippen LogP contribution in [0.3, 0.4) is 0 Å². The summed E-state index contributed by atoms with van der Waals surface area (Å²) >= 11 is 1.59. The van der Waals surface area contributed by atoms with E-state index in [9.17, 15) is 9.90 Å². The van der Waals surface area contributed by atoms with Gasteiger partial charge in [-0.05, 0) is 34.5 Å². The molecule has 5 nitrogen and oxygen atoms in total. The lowest BCUT2D eigenvalue weighted by Gasteiger charge is -2.05. The van der Waals surface area contributed by atoms with Gasteiger partial charge in [-0.15, -0.1) is 0 Å². The average Bonchev–Trinajstić information content (AvgIpc) is 3.07. The van der Waals surface area contributed by atoms with E-state index in [2.05, 4.69) is 0 Å². The van der Waals surface area contributed by atoms with Crippen molar-refractivity contribution in [3.63, 3.8) is 0 Å². The van der Waals surface area contributed by atoms with Crippen molar-refractivity contribution in [2.24, 2.45) is 0 Å².